The number of halogens is 1. The monoisotopic (exact) mass is 380 g/mol. The molecule has 2 aromatic carbocycles. The average molecular weight is 381 g/mol. The van der Waals surface area contributed by atoms with Gasteiger partial charge in [-0.3, -0.25) is 10.1 Å². The van der Waals surface area contributed by atoms with Crippen molar-refractivity contribution in [2.75, 3.05) is 6.54 Å². The highest BCUT2D eigenvalue weighted by atomic mass is 35.5. The minimum absolute atomic E-state index is 0. The smallest absolute Gasteiger partial charge is 0.273 e. The lowest BCUT2D eigenvalue weighted by atomic mass is 10.1. The molecule has 0 aliphatic carbocycles. The minimum Gasteiger partial charge on any atom is -0.489 e. The second kappa shape index (κ2) is 9.52. The number of benzene rings is 2. The molecule has 0 aromatic heterocycles. The fraction of sp³-hybridized carbons (Fsp3) is 0.368. The van der Waals surface area contributed by atoms with Gasteiger partial charge >= 0.3 is 0 Å². The van der Waals surface area contributed by atoms with E-state index in [1.807, 2.05) is 51.1 Å². The zero-order valence-electron chi connectivity index (χ0n) is 15.1. The second-order valence-electron chi connectivity index (χ2n) is 6.94. The molecule has 142 valence electrons. The third-order valence-electron chi connectivity index (χ3n) is 3.58. The lowest BCUT2D eigenvalue weighted by molar-refractivity contribution is -0.385. The van der Waals surface area contributed by atoms with Crippen LogP contribution in [0.25, 0.3) is 0 Å². The van der Waals surface area contributed by atoms with Gasteiger partial charge in [-0.2, -0.15) is 0 Å². The summed E-state index contributed by atoms with van der Waals surface area (Å²) in [5.74, 6) is 0.364. The van der Waals surface area contributed by atoms with Crippen LogP contribution in [0.15, 0.2) is 48.5 Å². The van der Waals surface area contributed by atoms with Gasteiger partial charge in [0.2, 0.25) is 0 Å². The lowest BCUT2D eigenvalue weighted by Gasteiger charge is -2.23. The number of ether oxygens (including phenoxy) is 1. The van der Waals surface area contributed by atoms with Crippen LogP contribution in [0.3, 0.4) is 0 Å². The highest BCUT2D eigenvalue weighted by Crippen LogP contribution is 2.27. The van der Waals surface area contributed by atoms with Gasteiger partial charge in [-0.1, -0.05) is 30.3 Å². The maximum Gasteiger partial charge on any atom is 0.273 e. The standard InChI is InChI=1S/C19H24N2O4.ClH/c1-19(2,3)20-12-18(22)15-9-16(21(23)24)11-17(10-15)25-13-14-7-5-4-6-8-14;/h4-11,18,20,22H,12-13H2,1-3H3;1H. The molecular formula is C19H25ClN2O4. The van der Waals surface area contributed by atoms with Gasteiger partial charge < -0.3 is 15.2 Å². The van der Waals surface area contributed by atoms with Crippen LogP contribution in [0, 0.1) is 10.1 Å². The number of aliphatic hydroxyl groups excluding tert-OH is 1. The number of nitro groups is 1. The first-order chi connectivity index (χ1) is 11.7. The summed E-state index contributed by atoms with van der Waals surface area (Å²) in [5, 5.41) is 24.7. The number of nitrogens with zero attached hydrogens (tertiary/aromatic N) is 1. The molecule has 0 fully saturated rings. The minimum atomic E-state index is -0.863. The molecule has 6 nitrogen and oxygen atoms in total. The molecule has 0 aliphatic rings. The molecule has 26 heavy (non-hydrogen) atoms. The van der Waals surface area contributed by atoms with Crippen molar-refractivity contribution in [1.82, 2.24) is 5.32 Å². The van der Waals surface area contributed by atoms with E-state index in [-0.39, 0.29) is 23.6 Å². The normalized spacial score (nSPS) is 12.2. The van der Waals surface area contributed by atoms with Gasteiger partial charge in [0.25, 0.3) is 5.69 Å². The van der Waals surface area contributed by atoms with E-state index in [9.17, 15) is 15.2 Å². The Balaban J connectivity index is 0.00000338. The molecule has 0 spiro atoms. The zero-order valence-corrected chi connectivity index (χ0v) is 16.0. The number of hydrogen-bond acceptors (Lipinski definition) is 5. The van der Waals surface area contributed by atoms with Gasteiger partial charge in [-0.15, -0.1) is 12.4 Å². The molecule has 0 bridgehead atoms. The molecule has 0 saturated heterocycles. The highest BCUT2D eigenvalue weighted by Gasteiger charge is 2.18. The van der Waals surface area contributed by atoms with E-state index in [1.54, 1.807) is 6.07 Å². The summed E-state index contributed by atoms with van der Waals surface area (Å²) in [7, 11) is 0. The van der Waals surface area contributed by atoms with Crippen molar-refractivity contribution in [1.29, 1.82) is 0 Å². The maximum absolute atomic E-state index is 11.2. The van der Waals surface area contributed by atoms with Gasteiger partial charge in [-0.25, -0.2) is 0 Å². The van der Waals surface area contributed by atoms with Crippen molar-refractivity contribution in [2.24, 2.45) is 0 Å². The first-order valence-electron chi connectivity index (χ1n) is 8.14. The summed E-state index contributed by atoms with van der Waals surface area (Å²) >= 11 is 0. The Hall–Kier alpha value is -2.15. The predicted molar refractivity (Wildman–Crippen MR) is 104 cm³/mol. The third kappa shape index (κ3) is 7.00. The molecule has 2 N–H and O–H groups in total. The van der Waals surface area contributed by atoms with Crippen LogP contribution >= 0.6 is 12.4 Å². The van der Waals surface area contributed by atoms with Gasteiger partial charge in [0.05, 0.1) is 17.1 Å². The lowest BCUT2D eigenvalue weighted by Crippen LogP contribution is -2.38. The van der Waals surface area contributed by atoms with E-state index in [0.29, 0.717) is 24.5 Å². The Morgan fingerprint density at radius 2 is 1.85 bits per heavy atom. The average Bonchev–Trinajstić information content (AvgIpc) is 2.57. The number of β-amino-alcohol motifs (C(OH)–C–C–N with tert-alkyl or cyclic N) is 1. The molecule has 2 aromatic rings. The van der Waals surface area contributed by atoms with Crippen LogP contribution < -0.4 is 10.1 Å². The van der Waals surface area contributed by atoms with Gasteiger partial charge in [0.1, 0.15) is 12.4 Å². The third-order valence-corrected chi connectivity index (χ3v) is 3.58. The van der Waals surface area contributed by atoms with Crippen LogP contribution in [-0.4, -0.2) is 22.1 Å². The van der Waals surface area contributed by atoms with Crippen molar-refractivity contribution in [3.8, 4) is 5.75 Å². The molecule has 0 heterocycles. The zero-order chi connectivity index (χ0) is 18.4. The summed E-state index contributed by atoms with van der Waals surface area (Å²) in [6.45, 7) is 6.56. The van der Waals surface area contributed by atoms with E-state index in [1.165, 1.54) is 12.1 Å². The molecule has 0 aliphatic heterocycles. The molecule has 1 atom stereocenters. The van der Waals surface area contributed by atoms with E-state index in [0.717, 1.165) is 5.56 Å². The fourth-order valence-corrected chi connectivity index (χ4v) is 2.25. The Kier molecular flexibility index (Phi) is 8.02. The van der Waals surface area contributed by atoms with Crippen molar-refractivity contribution in [3.05, 3.63) is 69.8 Å². The SMILES string of the molecule is CC(C)(C)NCC(O)c1cc(OCc2ccccc2)cc([N+](=O)[O-])c1.Cl. The second-order valence-corrected chi connectivity index (χ2v) is 6.94. The Morgan fingerprint density at radius 3 is 2.42 bits per heavy atom. The van der Waals surface area contributed by atoms with Crippen molar-refractivity contribution in [2.45, 2.75) is 39.0 Å². The Labute approximate surface area is 159 Å². The first-order valence-corrected chi connectivity index (χ1v) is 8.14. The Morgan fingerprint density at radius 1 is 1.19 bits per heavy atom. The number of hydrogen-bond donors (Lipinski definition) is 2. The summed E-state index contributed by atoms with van der Waals surface area (Å²) in [4.78, 5) is 10.7. The summed E-state index contributed by atoms with van der Waals surface area (Å²) < 4.78 is 5.68. The molecular weight excluding hydrogens is 356 g/mol. The Bertz CT molecular complexity index is 717. The van der Waals surface area contributed by atoms with Crippen LogP contribution in [0.4, 0.5) is 5.69 Å². The number of nitrogens with one attached hydrogen (secondary N) is 1. The van der Waals surface area contributed by atoms with Gasteiger partial charge in [-0.05, 0) is 38.0 Å². The number of nitro benzene ring substituents is 1. The van der Waals surface area contributed by atoms with E-state index >= 15 is 0 Å². The van der Waals surface area contributed by atoms with Crippen LogP contribution in [-0.2, 0) is 6.61 Å². The van der Waals surface area contributed by atoms with Crippen LogP contribution in [0.2, 0.25) is 0 Å². The molecule has 0 amide bonds. The molecule has 0 radical (unpaired) electrons. The largest absolute Gasteiger partial charge is 0.489 e. The summed E-state index contributed by atoms with van der Waals surface area (Å²) in [5.41, 5.74) is 1.16. The summed E-state index contributed by atoms with van der Waals surface area (Å²) in [6, 6.07) is 13.9. The van der Waals surface area contributed by atoms with Gasteiger partial charge in [0, 0.05) is 18.2 Å². The van der Waals surface area contributed by atoms with Crippen molar-refractivity contribution < 1.29 is 14.8 Å². The van der Waals surface area contributed by atoms with Crippen LogP contribution in [0.1, 0.15) is 38.0 Å². The molecule has 7 heteroatoms. The first kappa shape index (κ1) is 21.9. The molecule has 0 saturated carbocycles. The van der Waals surface area contributed by atoms with E-state index < -0.39 is 11.0 Å². The topological polar surface area (TPSA) is 84.6 Å². The maximum atomic E-state index is 11.2. The molecule has 2 rings (SSSR count). The highest BCUT2D eigenvalue weighted by molar-refractivity contribution is 5.85. The molecule has 1 unspecified atom stereocenters. The number of aliphatic hydroxyl groups is 1. The van der Waals surface area contributed by atoms with Crippen molar-refractivity contribution in [3.63, 3.8) is 0 Å². The fourth-order valence-electron chi connectivity index (χ4n) is 2.25. The van der Waals surface area contributed by atoms with Crippen LogP contribution in [0.5, 0.6) is 5.75 Å². The number of non-ortho nitro benzene ring substituents is 1. The van der Waals surface area contributed by atoms with Crippen molar-refractivity contribution >= 4 is 18.1 Å². The number of rotatable bonds is 7. The summed E-state index contributed by atoms with van der Waals surface area (Å²) in [6.07, 6.45) is -0.863. The van der Waals surface area contributed by atoms with E-state index in [4.69, 9.17) is 4.74 Å². The quantitative estimate of drug-likeness (QED) is 0.559. The van der Waals surface area contributed by atoms with E-state index in [2.05, 4.69) is 5.32 Å². The predicted octanol–water partition coefficient (Wildman–Crippen LogP) is 4.02. The van der Waals surface area contributed by atoms with Gasteiger partial charge in [0.15, 0.2) is 0 Å².